The van der Waals surface area contributed by atoms with Gasteiger partial charge in [0.05, 0.1) is 23.2 Å². The third kappa shape index (κ3) is 3.74. The Morgan fingerprint density at radius 1 is 1.48 bits per heavy atom. The number of likely N-dealkylation sites (tertiary alicyclic amines) is 1. The predicted molar refractivity (Wildman–Crippen MR) is 80.3 cm³/mol. The van der Waals surface area contributed by atoms with Gasteiger partial charge in [0.1, 0.15) is 6.04 Å². The van der Waals surface area contributed by atoms with Crippen molar-refractivity contribution in [3.05, 3.63) is 34.1 Å². The third-order valence-corrected chi connectivity index (χ3v) is 3.72. The maximum Gasteiger partial charge on any atom is 0.272 e. The molecule has 2 rings (SSSR count). The van der Waals surface area contributed by atoms with Crippen molar-refractivity contribution < 1.29 is 18.9 Å². The van der Waals surface area contributed by atoms with Crippen LogP contribution in [0.3, 0.4) is 0 Å². The van der Waals surface area contributed by atoms with Gasteiger partial charge < -0.3 is 15.5 Å². The monoisotopic (exact) mass is 324 g/mol. The second-order valence-electron chi connectivity index (χ2n) is 5.13. The number of halogens is 1. The molecule has 2 amide bonds. The van der Waals surface area contributed by atoms with Gasteiger partial charge in [0, 0.05) is 19.7 Å². The van der Waals surface area contributed by atoms with Gasteiger partial charge in [-0.25, -0.2) is 4.39 Å². The van der Waals surface area contributed by atoms with Crippen LogP contribution in [0.2, 0.25) is 0 Å². The summed E-state index contributed by atoms with van der Waals surface area (Å²) < 4.78 is 13.7. The molecule has 124 valence electrons. The van der Waals surface area contributed by atoms with E-state index >= 15 is 0 Å². The molecule has 9 heteroatoms. The van der Waals surface area contributed by atoms with Crippen LogP contribution in [0.15, 0.2) is 18.2 Å². The van der Waals surface area contributed by atoms with E-state index in [0.29, 0.717) is 13.0 Å². The van der Waals surface area contributed by atoms with E-state index < -0.39 is 16.8 Å². The van der Waals surface area contributed by atoms with Crippen molar-refractivity contribution in [2.24, 2.45) is 0 Å². The van der Waals surface area contributed by atoms with Gasteiger partial charge in [0.15, 0.2) is 5.82 Å². The number of nitro groups is 1. The summed E-state index contributed by atoms with van der Waals surface area (Å²) in [5.74, 6) is -1.36. The van der Waals surface area contributed by atoms with Crippen LogP contribution in [-0.2, 0) is 9.59 Å². The number of carbonyl (C=O) groups excluding carboxylic acids is 2. The lowest BCUT2D eigenvalue weighted by Crippen LogP contribution is -2.46. The van der Waals surface area contributed by atoms with Crippen molar-refractivity contribution >= 4 is 23.2 Å². The number of nitro benzene ring substituents is 1. The lowest BCUT2D eigenvalue weighted by Gasteiger charge is -2.23. The number of likely N-dealkylation sites (N-methyl/N-ethyl adjacent to an activating group) is 1. The molecule has 23 heavy (non-hydrogen) atoms. The molecule has 1 atom stereocenters. The SMILES string of the molecule is CNC(=O)[C@@H]1CCCN1C(=O)CNc1ccc([N+](=O)[O-])cc1F. The minimum absolute atomic E-state index is 0.000333. The summed E-state index contributed by atoms with van der Waals surface area (Å²) in [6.07, 6.45) is 1.33. The van der Waals surface area contributed by atoms with Crippen molar-refractivity contribution in [2.75, 3.05) is 25.5 Å². The van der Waals surface area contributed by atoms with Crippen LogP contribution in [0.25, 0.3) is 0 Å². The Bertz CT molecular complexity index is 637. The Kier molecular flexibility index (Phi) is 5.09. The molecule has 1 aliphatic heterocycles. The van der Waals surface area contributed by atoms with Gasteiger partial charge in [-0.3, -0.25) is 19.7 Å². The highest BCUT2D eigenvalue weighted by Crippen LogP contribution is 2.21. The van der Waals surface area contributed by atoms with Crippen LogP contribution in [0.5, 0.6) is 0 Å². The molecule has 0 aromatic heterocycles. The number of hydrogen-bond donors (Lipinski definition) is 2. The molecule has 1 aliphatic rings. The largest absolute Gasteiger partial charge is 0.374 e. The minimum atomic E-state index is -0.809. The predicted octanol–water partition coefficient (Wildman–Crippen LogP) is 0.883. The van der Waals surface area contributed by atoms with Crippen LogP contribution in [0.4, 0.5) is 15.8 Å². The summed E-state index contributed by atoms with van der Waals surface area (Å²) in [5, 5.41) is 15.7. The number of nitrogens with zero attached hydrogens (tertiary/aromatic N) is 2. The first kappa shape index (κ1) is 16.7. The van der Waals surface area contributed by atoms with E-state index in [1.807, 2.05) is 0 Å². The molecule has 0 unspecified atom stereocenters. The van der Waals surface area contributed by atoms with E-state index in [9.17, 15) is 24.1 Å². The summed E-state index contributed by atoms with van der Waals surface area (Å²) >= 11 is 0. The van der Waals surface area contributed by atoms with E-state index in [1.54, 1.807) is 0 Å². The van der Waals surface area contributed by atoms with Gasteiger partial charge >= 0.3 is 0 Å². The average molecular weight is 324 g/mol. The summed E-state index contributed by atoms with van der Waals surface area (Å²) in [4.78, 5) is 35.2. The molecule has 1 heterocycles. The Morgan fingerprint density at radius 2 is 2.22 bits per heavy atom. The summed E-state index contributed by atoms with van der Waals surface area (Å²) in [5.41, 5.74) is -0.363. The number of non-ortho nitro benzene ring substituents is 1. The summed E-state index contributed by atoms with van der Waals surface area (Å²) in [6.45, 7) is 0.281. The smallest absolute Gasteiger partial charge is 0.272 e. The van der Waals surface area contributed by atoms with Crippen molar-refractivity contribution in [1.82, 2.24) is 10.2 Å². The van der Waals surface area contributed by atoms with Gasteiger partial charge in [-0.1, -0.05) is 0 Å². The molecule has 0 radical (unpaired) electrons. The van der Waals surface area contributed by atoms with E-state index in [2.05, 4.69) is 10.6 Å². The third-order valence-electron chi connectivity index (χ3n) is 3.72. The molecule has 0 bridgehead atoms. The fourth-order valence-corrected chi connectivity index (χ4v) is 2.54. The van der Waals surface area contributed by atoms with Crippen LogP contribution < -0.4 is 10.6 Å². The van der Waals surface area contributed by atoms with Gasteiger partial charge in [0.2, 0.25) is 11.8 Å². The average Bonchev–Trinajstić information content (AvgIpc) is 3.02. The summed E-state index contributed by atoms with van der Waals surface area (Å²) in [7, 11) is 1.51. The van der Waals surface area contributed by atoms with Crippen LogP contribution >= 0.6 is 0 Å². The van der Waals surface area contributed by atoms with Crippen LogP contribution in [0.1, 0.15) is 12.8 Å². The number of carbonyl (C=O) groups is 2. The molecule has 1 fully saturated rings. The van der Waals surface area contributed by atoms with Gasteiger partial charge in [-0.2, -0.15) is 0 Å². The van der Waals surface area contributed by atoms with Crippen molar-refractivity contribution in [3.8, 4) is 0 Å². The van der Waals surface area contributed by atoms with Crippen molar-refractivity contribution in [3.63, 3.8) is 0 Å². The highest BCUT2D eigenvalue weighted by Gasteiger charge is 2.33. The standard InChI is InChI=1S/C14H17FN4O4/c1-16-14(21)12-3-2-6-18(12)13(20)8-17-11-5-4-9(19(22)23)7-10(11)15/h4-5,7,12,17H,2-3,6,8H2,1H3,(H,16,21)/t12-/m0/s1. The van der Waals surface area contributed by atoms with Crippen LogP contribution in [0, 0.1) is 15.9 Å². The topological polar surface area (TPSA) is 105 Å². The maximum atomic E-state index is 13.7. The maximum absolute atomic E-state index is 13.7. The normalized spacial score (nSPS) is 17.0. The Labute approximate surface area is 131 Å². The Hall–Kier alpha value is -2.71. The molecule has 1 aromatic carbocycles. The lowest BCUT2D eigenvalue weighted by atomic mass is 10.2. The van der Waals surface area contributed by atoms with E-state index in [1.165, 1.54) is 18.0 Å². The first-order valence-electron chi connectivity index (χ1n) is 7.13. The van der Waals surface area contributed by atoms with E-state index in [-0.39, 0.29) is 29.7 Å². The molecule has 1 saturated heterocycles. The highest BCUT2D eigenvalue weighted by molar-refractivity contribution is 5.89. The number of amides is 2. The van der Waals surface area contributed by atoms with E-state index in [0.717, 1.165) is 18.6 Å². The number of nitrogens with one attached hydrogen (secondary N) is 2. The zero-order valence-electron chi connectivity index (χ0n) is 12.5. The second kappa shape index (κ2) is 7.03. The molecule has 2 N–H and O–H groups in total. The number of rotatable bonds is 5. The first-order chi connectivity index (χ1) is 10.9. The number of hydrogen-bond acceptors (Lipinski definition) is 5. The minimum Gasteiger partial charge on any atom is -0.374 e. The van der Waals surface area contributed by atoms with E-state index in [4.69, 9.17) is 0 Å². The Morgan fingerprint density at radius 3 is 2.83 bits per heavy atom. The molecular formula is C14H17FN4O4. The van der Waals surface area contributed by atoms with Crippen molar-refractivity contribution in [2.45, 2.75) is 18.9 Å². The molecular weight excluding hydrogens is 307 g/mol. The fourth-order valence-electron chi connectivity index (χ4n) is 2.54. The molecule has 0 spiro atoms. The molecule has 1 aromatic rings. The van der Waals surface area contributed by atoms with Gasteiger partial charge in [-0.15, -0.1) is 0 Å². The zero-order chi connectivity index (χ0) is 17.0. The zero-order valence-corrected chi connectivity index (χ0v) is 12.5. The molecule has 0 saturated carbocycles. The van der Waals surface area contributed by atoms with Crippen molar-refractivity contribution in [1.29, 1.82) is 0 Å². The van der Waals surface area contributed by atoms with Crippen LogP contribution in [-0.4, -0.2) is 47.8 Å². The first-order valence-corrected chi connectivity index (χ1v) is 7.13. The second-order valence-corrected chi connectivity index (χ2v) is 5.13. The highest BCUT2D eigenvalue weighted by atomic mass is 19.1. The lowest BCUT2D eigenvalue weighted by molar-refractivity contribution is -0.385. The van der Waals surface area contributed by atoms with Gasteiger partial charge in [0.25, 0.3) is 5.69 Å². The Balaban J connectivity index is 1.99. The quantitative estimate of drug-likeness (QED) is 0.618. The fraction of sp³-hybridized carbons (Fsp3) is 0.429. The summed E-state index contributed by atoms with van der Waals surface area (Å²) in [6, 6.07) is 2.65. The molecule has 0 aliphatic carbocycles. The van der Waals surface area contributed by atoms with Gasteiger partial charge in [-0.05, 0) is 18.9 Å². The molecule has 8 nitrogen and oxygen atoms in total. The number of benzene rings is 1. The number of anilines is 1.